The second-order valence-corrected chi connectivity index (χ2v) is 6.52. The van der Waals surface area contributed by atoms with E-state index in [1.54, 1.807) is 24.4 Å². The van der Waals surface area contributed by atoms with Gasteiger partial charge in [-0.25, -0.2) is 0 Å². The van der Waals surface area contributed by atoms with Crippen molar-refractivity contribution in [2.75, 3.05) is 5.32 Å². The van der Waals surface area contributed by atoms with Crippen molar-refractivity contribution in [2.45, 2.75) is 52.9 Å². The molecule has 0 radical (unpaired) electrons. The van der Waals surface area contributed by atoms with E-state index in [4.69, 9.17) is 0 Å². The second kappa shape index (κ2) is 11.5. The fourth-order valence-electron chi connectivity index (χ4n) is 2.32. The number of carbonyl (C=O) groups excluding carboxylic acids is 3. The first-order chi connectivity index (χ1) is 12.5. The Morgan fingerprint density at radius 2 is 1.88 bits per heavy atom. The highest BCUT2D eigenvalue weighted by molar-refractivity contribution is 9.10. The van der Waals surface area contributed by atoms with Crippen LogP contribution in [-0.2, 0) is 9.59 Å². The molecule has 1 aliphatic heterocycles. The predicted octanol–water partition coefficient (Wildman–Crippen LogP) is 5.10. The Balaban J connectivity index is 0.00000163. The third-order valence-corrected chi connectivity index (χ3v) is 4.02. The number of amides is 1. The zero-order valence-electron chi connectivity index (χ0n) is 15.5. The van der Waals surface area contributed by atoms with Crippen LogP contribution in [0.1, 0.15) is 63.2 Å². The molecule has 1 N–H and O–H groups in total. The van der Waals surface area contributed by atoms with E-state index in [1.165, 1.54) is 6.92 Å². The Labute approximate surface area is 163 Å². The number of halogens is 1. The summed E-state index contributed by atoms with van der Waals surface area (Å²) < 4.78 is 0.751. The van der Waals surface area contributed by atoms with Crippen LogP contribution in [0, 0.1) is 0 Å². The summed E-state index contributed by atoms with van der Waals surface area (Å²) in [4.78, 5) is 39.8. The van der Waals surface area contributed by atoms with Gasteiger partial charge in [-0.3, -0.25) is 14.6 Å². The van der Waals surface area contributed by atoms with Gasteiger partial charge in [-0.05, 0) is 44.4 Å². The number of Topliss-reactive ketones (excluding diaryl/α,β-unsaturated/α-hetero) is 2. The Morgan fingerprint density at radius 3 is 2.50 bits per heavy atom. The van der Waals surface area contributed by atoms with Gasteiger partial charge in [0.05, 0.1) is 5.69 Å². The highest BCUT2D eigenvalue weighted by Gasteiger charge is 2.18. The Kier molecular flexibility index (Phi) is 9.73. The van der Waals surface area contributed by atoms with Gasteiger partial charge in [0.2, 0.25) is 11.7 Å². The van der Waals surface area contributed by atoms with Gasteiger partial charge in [-0.1, -0.05) is 35.9 Å². The topological polar surface area (TPSA) is 75.6 Å². The van der Waals surface area contributed by atoms with Crippen molar-refractivity contribution in [3.8, 4) is 0 Å². The molecule has 1 aromatic rings. The van der Waals surface area contributed by atoms with Crippen LogP contribution in [0.5, 0.6) is 0 Å². The van der Waals surface area contributed by atoms with Gasteiger partial charge in [-0.2, -0.15) is 0 Å². The molecule has 0 saturated carbocycles. The number of ketones is 2. The van der Waals surface area contributed by atoms with E-state index in [0.29, 0.717) is 29.8 Å². The van der Waals surface area contributed by atoms with Gasteiger partial charge >= 0.3 is 0 Å². The lowest BCUT2D eigenvalue weighted by Gasteiger charge is -2.12. The monoisotopic (exact) mass is 420 g/mol. The Bertz CT molecular complexity index is 724. The van der Waals surface area contributed by atoms with Crippen molar-refractivity contribution >= 4 is 45.3 Å². The second-order valence-electron chi connectivity index (χ2n) is 5.60. The van der Waals surface area contributed by atoms with Crippen molar-refractivity contribution in [2.24, 2.45) is 4.99 Å². The molecule has 0 fully saturated rings. The highest BCUT2D eigenvalue weighted by atomic mass is 79.9. The quantitative estimate of drug-likeness (QED) is 0.622. The number of nitrogens with zero attached hydrogens (tertiary/aromatic N) is 1. The summed E-state index contributed by atoms with van der Waals surface area (Å²) in [5.41, 5.74) is 1.25. The molecule has 140 valence electrons. The normalized spacial score (nSPS) is 12.5. The van der Waals surface area contributed by atoms with E-state index in [-0.39, 0.29) is 23.9 Å². The first-order valence-electron chi connectivity index (χ1n) is 8.83. The lowest BCUT2D eigenvalue weighted by molar-refractivity contribution is -0.117. The van der Waals surface area contributed by atoms with Gasteiger partial charge in [0.15, 0.2) is 0 Å². The third kappa shape index (κ3) is 7.04. The molecule has 1 amide bonds. The predicted molar refractivity (Wildman–Crippen MR) is 109 cm³/mol. The maximum absolute atomic E-state index is 12.7. The van der Waals surface area contributed by atoms with Crippen molar-refractivity contribution in [3.05, 3.63) is 40.0 Å². The summed E-state index contributed by atoms with van der Waals surface area (Å²) >= 11 is 3.35. The van der Waals surface area contributed by atoms with Gasteiger partial charge in [0.25, 0.3) is 0 Å². The molecule has 1 aromatic carbocycles. The molecule has 5 nitrogen and oxygen atoms in total. The van der Waals surface area contributed by atoms with E-state index < -0.39 is 0 Å². The van der Waals surface area contributed by atoms with Crippen molar-refractivity contribution in [1.82, 2.24) is 0 Å². The van der Waals surface area contributed by atoms with Crippen LogP contribution in [-0.4, -0.2) is 23.7 Å². The first-order valence-corrected chi connectivity index (χ1v) is 9.63. The molecular weight excluding hydrogens is 396 g/mol. The number of benzene rings is 1. The summed E-state index contributed by atoms with van der Waals surface area (Å²) in [6.07, 6.45) is 6.26. The zero-order valence-corrected chi connectivity index (χ0v) is 17.1. The molecule has 26 heavy (non-hydrogen) atoms. The molecule has 1 aliphatic rings. The average Bonchev–Trinajstić information content (AvgIpc) is 2.64. The van der Waals surface area contributed by atoms with E-state index in [9.17, 15) is 14.4 Å². The van der Waals surface area contributed by atoms with Crippen molar-refractivity contribution < 1.29 is 14.4 Å². The number of aliphatic imine (C=N–C) groups is 1. The SMILES string of the molecule is CC.CC(=O)CCCC(=O)Nc1ccc(Br)cc1C(=O)C1=CCCC=N1. The summed E-state index contributed by atoms with van der Waals surface area (Å²) in [5, 5.41) is 2.76. The number of nitrogens with one attached hydrogen (secondary N) is 1. The molecule has 0 spiro atoms. The summed E-state index contributed by atoms with van der Waals surface area (Å²) in [6, 6.07) is 5.13. The zero-order chi connectivity index (χ0) is 19.5. The lowest BCUT2D eigenvalue weighted by atomic mass is 10.0. The minimum Gasteiger partial charge on any atom is -0.325 e. The number of anilines is 1. The van der Waals surface area contributed by atoms with Gasteiger partial charge < -0.3 is 10.1 Å². The molecule has 0 unspecified atom stereocenters. The molecule has 0 saturated heterocycles. The first kappa shape index (κ1) is 22.0. The summed E-state index contributed by atoms with van der Waals surface area (Å²) in [5.74, 6) is -0.371. The molecule has 1 heterocycles. The van der Waals surface area contributed by atoms with E-state index in [1.807, 2.05) is 19.9 Å². The van der Waals surface area contributed by atoms with Gasteiger partial charge in [0.1, 0.15) is 11.5 Å². The number of hydrogen-bond acceptors (Lipinski definition) is 4. The van der Waals surface area contributed by atoms with Crippen LogP contribution >= 0.6 is 15.9 Å². The van der Waals surface area contributed by atoms with Crippen molar-refractivity contribution in [1.29, 1.82) is 0 Å². The minimum atomic E-state index is -0.216. The van der Waals surface area contributed by atoms with Crippen LogP contribution in [0.25, 0.3) is 0 Å². The maximum atomic E-state index is 12.7. The fraction of sp³-hybridized carbons (Fsp3) is 0.400. The molecule has 2 rings (SSSR count). The number of rotatable bonds is 7. The number of allylic oxidation sites excluding steroid dienone is 2. The van der Waals surface area contributed by atoms with E-state index >= 15 is 0 Å². The Hall–Kier alpha value is -2.08. The van der Waals surface area contributed by atoms with Gasteiger partial charge in [-0.15, -0.1) is 0 Å². The largest absolute Gasteiger partial charge is 0.325 e. The molecule has 0 bridgehead atoms. The van der Waals surface area contributed by atoms with Crippen LogP contribution in [0.15, 0.2) is 39.4 Å². The molecular formula is C20H25BrN2O3. The van der Waals surface area contributed by atoms with E-state index in [0.717, 1.165) is 17.3 Å². The van der Waals surface area contributed by atoms with Gasteiger partial charge in [0, 0.05) is 29.1 Å². The third-order valence-electron chi connectivity index (χ3n) is 3.53. The average molecular weight is 421 g/mol. The lowest BCUT2D eigenvalue weighted by Crippen LogP contribution is -2.15. The summed E-state index contributed by atoms with van der Waals surface area (Å²) in [6.45, 7) is 5.50. The number of hydrogen-bond donors (Lipinski definition) is 1. The smallest absolute Gasteiger partial charge is 0.224 e. The molecule has 0 atom stereocenters. The van der Waals surface area contributed by atoms with Crippen LogP contribution in [0.3, 0.4) is 0 Å². The highest BCUT2D eigenvalue weighted by Crippen LogP contribution is 2.25. The maximum Gasteiger partial charge on any atom is 0.224 e. The minimum absolute atomic E-state index is 0.0596. The molecule has 0 aliphatic carbocycles. The fourth-order valence-corrected chi connectivity index (χ4v) is 2.68. The number of carbonyl (C=O) groups is 3. The van der Waals surface area contributed by atoms with E-state index in [2.05, 4.69) is 26.2 Å². The van der Waals surface area contributed by atoms with Crippen molar-refractivity contribution in [3.63, 3.8) is 0 Å². The van der Waals surface area contributed by atoms with Crippen LogP contribution in [0.2, 0.25) is 0 Å². The van der Waals surface area contributed by atoms with Crippen LogP contribution < -0.4 is 5.32 Å². The molecule has 6 heteroatoms. The Morgan fingerprint density at radius 1 is 1.15 bits per heavy atom. The van der Waals surface area contributed by atoms with Crippen LogP contribution in [0.4, 0.5) is 5.69 Å². The standard InChI is InChI=1S/C18H19BrN2O3.C2H6/c1-12(22)5-4-7-17(23)21-15-9-8-13(19)11-14(15)18(24)16-6-2-3-10-20-16;1-2/h6,8-11H,2-5,7H2,1H3,(H,21,23);1-2H3. The summed E-state index contributed by atoms with van der Waals surface area (Å²) in [7, 11) is 0. The molecule has 0 aromatic heterocycles.